The highest BCUT2D eigenvalue weighted by Gasteiger charge is 2.48. The van der Waals surface area contributed by atoms with E-state index in [1.54, 1.807) is 25.6 Å². The van der Waals surface area contributed by atoms with Gasteiger partial charge in [-0.25, -0.2) is 14.4 Å². The van der Waals surface area contributed by atoms with Gasteiger partial charge in [-0.1, -0.05) is 32.0 Å². The summed E-state index contributed by atoms with van der Waals surface area (Å²) in [5.74, 6) is -0.294. The third-order valence-corrected chi connectivity index (χ3v) is 7.77. The normalized spacial score (nSPS) is 15.1. The van der Waals surface area contributed by atoms with E-state index in [1.165, 1.54) is 17.7 Å². The molecule has 198 valence electrons. The number of hydrogen-bond acceptors (Lipinski definition) is 5. The van der Waals surface area contributed by atoms with Crippen LogP contribution < -0.4 is 5.32 Å². The highest BCUT2D eigenvalue weighted by atomic mass is 19.1. The molecular weight excluding hydrogens is 493 g/mol. The summed E-state index contributed by atoms with van der Waals surface area (Å²) in [6.45, 7) is 4.33. The molecule has 1 saturated carbocycles. The van der Waals surface area contributed by atoms with Crippen molar-refractivity contribution in [2.24, 2.45) is 5.92 Å². The first-order chi connectivity index (χ1) is 18.9. The molecule has 5 aromatic rings. The zero-order valence-electron chi connectivity index (χ0n) is 22.2. The zero-order valence-corrected chi connectivity index (χ0v) is 22.2. The Kier molecular flexibility index (Phi) is 6.35. The molecule has 1 fully saturated rings. The lowest BCUT2D eigenvalue weighted by molar-refractivity contribution is 0.0862. The van der Waals surface area contributed by atoms with E-state index in [0.717, 1.165) is 35.0 Å². The topological polar surface area (TPSA) is 81.4 Å². The van der Waals surface area contributed by atoms with Gasteiger partial charge in [-0.3, -0.25) is 14.2 Å². The first kappa shape index (κ1) is 25.1. The van der Waals surface area contributed by atoms with Crippen molar-refractivity contribution < 1.29 is 13.9 Å². The summed E-state index contributed by atoms with van der Waals surface area (Å²) in [5, 5.41) is 3.99. The predicted molar refractivity (Wildman–Crippen MR) is 148 cm³/mol. The summed E-state index contributed by atoms with van der Waals surface area (Å²) in [5.41, 5.74) is 4.49. The molecule has 2 aromatic carbocycles. The molecule has 39 heavy (non-hydrogen) atoms. The molecule has 7 nitrogen and oxygen atoms in total. The van der Waals surface area contributed by atoms with Gasteiger partial charge in [0.2, 0.25) is 5.78 Å². The zero-order chi connectivity index (χ0) is 27.1. The van der Waals surface area contributed by atoms with Gasteiger partial charge in [-0.05, 0) is 60.2 Å². The Morgan fingerprint density at radius 1 is 1.08 bits per heavy atom. The van der Waals surface area contributed by atoms with Crippen LogP contribution in [0.1, 0.15) is 48.3 Å². The van der Waals surface area contributed by atoms with Crippen LogP contribution in [0.2, 0.25) is 0 Å². The number of fused-ring (bicyclic) bond motifs is 2. The van der Waals surface area contributed by atoms with Crippen molar-refractivity contribution in [2.75, 3.05) is 13.7 Å². The number of hydrogen-bond donors (Lipinski definition) is 1. The van der Waals surface area contributed by atoms with Crippen molar-refractivity contribution in [3.63, 3.8) is 0 Å². The number of carbonyl (C=O) groups excluding carboxylic acids is 1. The van der Waals surface area contributed by atoms with Gasteiger partial charge in [0.25, 0.3) is 5.91 Å². The third-order valence-electron chi connectivity index (χ3n) is 7.77. The minimum atomic E-state index is -0.584. The van der Waals surface area contributed by atoms with Crippen molar-refractivity contribution in [3.8, 4) is 11.1 Å². The fourth-order valence-corrected chi connectivity index (χ4v) is 5.27. The van der Waals surface area contributed by atoms with Crippen molar-refractivity contribution in [1.29, 1.82) is 0 Å². The van der Waals surface area contributed by atoms with Crippen LogP contribution in [-0.2, 0) is 10.2 Å². The van der Waals surface area contributed by atoms with Crippen LogP contribution in [0.15, 0.2) is 73.3 Å². The largest absolute Gasteiger partial charge is 0.383 e. The molecule has 1 N–H and O–H groups in total. The number of imidazole rings is 1. The number of ether oxygens (including phenoxy) is 1. The third kappa shape index (κ3) is 4.55. The standard InChI is InChI=1S/C31H30FN5O2/c1-19(2)27(18-39-3)36-29(38)24-8-6-20(14-25(24)32)22-15-34-30-35-16-28(37(30)17-22)31(10-11-31)23-7-9-26-21(13-23)5-4-12-33-26/h4-9,12-17,19,27H,10-11,18H2,1-3H3,(H,36,38). The average molecular weight is 524 g/mol. The lowest BCUT2D eigenvalue weighted by Crippen LogP contribution is -2.41. The van der Waals surface area contributed by atoms with Gasteiger partial charge >= 0.3 is 0 Å². The van der Waals surface area contributed by atoms with Crippen LogP contribution in [-0.4, -0.2) is 45.0 Å². The van der Waals surface area contributed by atoms with E-state index in [1.807, 2.05) is 36.7 Å². The van der Waals surface area contributed by atoms with Gasteiger partial charge in [-0.2, -0.15) is 0 Å². The first-order valence-corrected chi connectivity index (χ1v) is 13.2. The van der Waals surface area contributed by atoms with Crippen LogP contribution >= 0.6 is 0 Å². The number of aromatic nitrogens is 4. The minimum absolute atomic E-state index is 0.000544. The number of amides is 1. The van der Waals surface area contributed by atoms with Gasteiger partial charge in [0.05, 0.1) is 35.6 Å². The molecule has 0 aliphatic heterocycles. The highest BCUT2D eigenvalue weighted by Crippen LogP contribution is 2.53. The maximum atomic E-state index is 15.2. The second-order valence-corrected chi connectivity index (χ2v) is 10.6. The number of halogens is 1. The fraction of sp³-hybridized carbons (Fsp3) is 0.290. The lowest BCUT2D eigenvalue weighted by atomic mass is 9.91. The molecule has 8 heteroatoms. The molecular formula is C31H30FN5O2. The summed E-state index contributed by atoms with van der Waals surface area (Å²) in [7, 11) is 1.58. The summed E-state index contributed by atoms with van der Waals surface area (Å²) in [6.07, 6.45) is 9.36. The molecule has 6 rings (SSSR count). The Bertz CT molecular complexity index is 1690. The highest BCUT2D eigenvalue weighted by molar-refractivity contribution is 5.95. The van der Waals surface area contributed by atoms with Gasteiger partial charge in [-0.15, -0.1) is 0 Å². The van der Waals surface area contributed by atoms with Crippen LogP contribution in [0.5, 0.6) is 0 Å². The summed E-state index contributed by atoms with van der Waals surface area (Å²) in [4.78, 5) is 26.4. The van der Waals surface area contributed by atoms with Crippen LogP contribution in [0.3, 0.4) is 0 Å². The summed E-state index contributed by atoms with van der Waals surface area (Å²) >= 11 is 0. The quantitative estimate of drug-likeness (QED) is 0.288. The van der Waals surface area contributed by atoms with Crippen molar-refractivity contribution in [2.45, 2.75) is 38.1 Å². The van der Waals surface area contributed by atoms with E-state index < -0.39 is 11.7 Å². The Morgan fingerprint density at radius 2 is 1.90 bits per heavy atom. The molecule has 1 amide bonds. The smallest absolute Gasteiger partial charge is 0.254 e. The Hall–Kier alpha value is -4.17. The summed E-state index contributed by atoms with van der Waals surface area (Å²) in [6, 6.07) is 14.9. The SMILES string of the molecule is COCC(NC(=O)c1ccc(-c2cnc3ncc(C4(c5ccc6ncccc6c5)CC4)n3c2)cc1F)C(C)C. The van der Waals surface area contributed by atoms with E-state index in [9.17, 15) is 4.79 Å². The van der Waals surface area contributed by atoms with E-state index >= 15 is 4.39 Å². The van der Waals surface area contributed by atoms with Crippen molar-refractivity contribution >= 4 is 22.6 Å². The van der Waals surface area contributed by atoms with E-state index in [-0.39, 0.29) is 22.9 Å². The average Bonchev–Trinajstić information content (AvgIpc) is 3.64. The number of nitrogens with one attached hydrogen (secondary N) is 1. The number of carbonyl (C=O) groups is 1. The Morgan fingerprint density at radius 3 is 2.64 bits per heavy atom. The molecule has 0 spiro atoms. The van der Waals surface area contributed by atoms with Crippen molar-refractivity contribution in [1.82, 2.24) is 24.7 Å². The molecule has 3 heterocycles. The van der Waals surface area contributed by atoms with E-state index in [2.05, 4.69) is 44.5 Å². The van der Waals surface area contributed by atoms with Gasteiger partial charge < -0.3 is 10.1 Å². The predicted octanol–water partition coefficient (Wildman–Crippen LogP) is 5.56. The molecule has 1 aliphatic rings. The number of nitrogens with zero attached hydrogens (tertiary/aromatic N) is 4. The number of pyridine rings is 1. The van der Waals surface area contributed by atoms with Crippen molar-refractivity contribution in [3.05, 3.63) is 96.0 Å². The van der Waals surface area contributed by atoms with Crippen LogP contribution in [0.4, 0.5) is 4.39 Å². The Labute approximate surface area is 226 Å². The number of rotatable bonds is 8. The second kappa shape index (κ2) is 9.85. The fourth-order valence-electron chi connectivity index (χ4n) is 5.27. The molecule has 0 bridgehead atoms. The van der Waals surface area contributed by atoms with E-state index in [4.69, 9.17) is 4.74 Å². The van der Waals surface area contributed by atoms with Gasteiger partial charge in [0.15, 0.2) is 0 Å². The Balaban J connectivity index is 1.32. The van der Waals surface area contributed by atoms with Gasteiger partial charge in [0.1, 0.15) is 5.82 Å². The van der Waals surface area contributed by atoms with Crippen LogP contribution in [0.25, 0.3) is 27.8 Å². The molecule has 0 radical (unpaired) electrons. The molecule has 1 aliphatic carbocycles. The lowest BCUT2D eigenvalue weighted by Gasteiger charge is -2.21. The maximum absolute atomic E-state index is 15.2. The monoisotopic (exact) mass is 523 g/mol. The minimum Gasteiger partial charge on any atom is -0.383 e. The molecule has 3 aromatic heterocycles. The molecule has 1 atom stereocenters. The van der Waals surface area contributed by atoms with Crippen LogP contribution in [0, 0.1) is 11.7 Å². The maximum Gasteiger partial charge on any atom is 0.254 e. The first-order valence-electron chi connectivity index (χ1n) is 13.2. The number of benzene rings is 2. The summed E-state index contributed by atoms with van der Waals surface area (Å²) < 4.78 is 22.4. The van der Waals surface area contributed by atoms with E-state index in [0.29, 0.717) is 17.9 Å². The second-order valence-electron chi connectivity index (χ2n) is 10.6. The molecule has 1 unspecified atom stereocenters. The number of methoxy groups -OCH3 is 1. The van der Waals surface area contributed by atoms with Gasteiger partial charge in [0, 0.05) is 42.1 Å². The molecule has 0 saturated heterocycles.